The van der Waals surface area contributed by atoms with Crippen LogP contribution in [0, 0.1) is 0 Å². The Labute approximate surface area is 92.4 Å². The molecule has 14 heavy (non-hydrogen) atoms. The fourth-order valence-electron chi connectivity index (χ4n) is 0.928. The quantitative estimate of drug-likeness (QED) is 0.601. The predicted octanol–water partition coefficient (Wildman–Crippen LogP) is 2.57. The summed E-state index contributed by atoms with van der Waals surface area (Å²) in [5.41, 5.74) is 1.28. The summed E-state index contributed by atoms with van der Waals surface area (Å²) < 4.78 is 5.07. The number of aliphatic hydroxyl groups is 1. The van der Waals surface area contributed by atoms with Crippen molar-refractivity contribution in [1.82, 2.24) is 0 Å². The van der Waals surface area contributed by atoms with Crippen LogP contribution >= 0.6 is 21.6 Å². The van der Waals surface area contributed by atoms with Gasteiger partial charge in [0.15, 0.2) is 0 Å². The van der Waals surface area contributed by atoms with E-state index in [0.717, 1.165) is 17.3 Å². The Hall–Kier alpha value is -0.320. The second kappa shape index (κ2) is 7.04. The normalized spacial score (nSPS) is 10.1. The van der Waals surface area contributed by atoms with E-state index in [1.165, 1.54) is 5.56 Å². The molecular formula is C10H14O2S2. The van der Waals surface area contributed by atoms with Crippen LogP contribution < -0.4 is 4.74 Å². The van der Waals surface area contributed by atoms with Crippen LogP contribution in [0.3, 0.4) is 0 Å². The lowest BCUT2D eigenvalue weighted by Crippen LogP contribution is -1.85. The van der Waals surface area contributed by atoms with Crippen molar-refractivity contribution < 1.29 is 9.84 Å². The molecule has 0 aliphatic carbocycles. The second-order valence-corrected chi connectivity index (χ2v) is 5.24. The molecule has 0 amide bonds. The monoisotopic (exact) mass is 230 g/mol. The average Bonchev–Trinajstić information content (AvgIpc) is 2.25. The van der Waals surface area contributed by atoms with Crippen LogP contribution in [-0.2, 0) is 5.75 Å². The summed E-state index contributed by atoms with van der Waals surface area (Å²) >= 11 is 0. The molecule has 1 rings (SSSR count). The Morgan fingerprint density at radius 3 is 2.50 bits per heavy atom. The summed E-state index contributed by atoms with van der Waals surface area (Å²) in [6.07, 6.45) is 0. The molecule has 0 saturated heterocycles. The minimum absolute atomic E-state index is 0.250. The van der Waals surface area contributed by atoms with Gasteiger partial charge < -0.3 is 9.84 Å². The molecule has 0 bridgehead atoms. The van der Waals surface area contributed by atoms with Crippen LogP contribution in [-0.4, -0.2) is 24.6 Å². The molecule has 0 aromatic heterocycles. The highest BCUT2D eigenvalue weighted by atomic mass is 33.1. The number of hydrogen-bond acceptors (Lipinski definition) is 4. The first-order valence-electron chi connectivity index (χ1n) is 4.35. The predicted molar refractivity (Wildman–Crippen MR) is 63.8 cm³/mol. The van der Waals surface area contributed by atoms with Crippen molar-refractivity contribution in [2.24, 2.45) is 0 Å². The van der Waals surface area contributed by atoms with Crippen LogP contribution in [0.5, 0.6) is 5.75 Å². The first-order chi connectivity index (χ1) is 6.86. The van der Waals surface area contributed by atoms with Crippen molar-refractivity contribution >= 4 is 21.6 Å². The molecule has 0 heterocycles. The maximum atomic E-state index is 8.58. The molecule has 4 heteroatoms. The number of aliphatic hydroxyl groups excluding tert-OH is 1. The molecule has 1 aromatic rings. The van der Waals surface area contributed by atoms with Crippen LogP contribution in [0.15, 0.2) is 24.3 Å². The van der Waals surface area contributed by atoms with E-state index in [9.17, 15) is 0 Å². The fourth-order valence-corrected chi connectivity index (χ4v) is 2.77. The maximum absolute atomic E-state index is 8.58. The number of benzene rings is 1. The highest BCUT2D eigenvalue weighted by molar-refractivity contribution is 8.76. The third-order valence-corrected chi connectivity index (χ3v) is 3.96. The molecule has 0 radical (unpaired) electrons. The topological polar surface area (TPSA) is 29.5 Å². The van der Waals surface area contributed by atoms with E-state index in [0.29, 0.717) is 0 Å². The van der Waals surface area contributed by atoms with E-state index in [2.05, 4.69) is 12.1 Å². The molecule has 0 aliphatic heterocycles. The van der Waals surface area contributed by atoms with E-state index in [1.807, 2.05) is 12.1 Å². The van der Waals surface area contributed by atoms with Crippen LogP contribution in [0.2, 0.25) is 0 Å². The zero-order valence-electron chi connectivity index (χ0n) is 8.10. The zero-order valence-corrected chi connectivity index (χ0v) is 9.74. The van der Waals surface area contributed by atoms with Gasteiger partial charge in [-0.05, 0) is 17.7 Å². The summed E-state index contributed by atoms with van der Waals surface area (Å²) in [4.78, 5) is 0. The van der Waals surface area contributed by atoms with Gasteiger partial charge in [-0.15, -0.1) is 0 Å². The van der Waals surface area contributed by atoms with E-state index in [-0.39, 0.29) is 6.61 Å². The van der Waals surface area contributed by atoms with Gasteiger partial charge in [0.1, 0.15) is 5.75 Å². The Morgan fingerprint density at radius 1 is 1.21 bits per heavy atom. The molecule has 2 nitrogen and oxygen atoms in total. The van der Waals surface area contributed by atoms with E-state index >= 15 is 0 Å². The highest BCUT2D eigenvalue weighted by Gasteiger charge is 1.95. The first kappa shape index (κ1) is 11.8. The summed E-state index contributed by atoms with van der Waals surface area (Å²) in [7, 11) is 5.12. The fraction of sp³-hybridized carbons (Fsp3) is 0.400. The lowest BCUT2D eigenvalue weighted by Gasteiger charge is -2.02. The Bertz CT molecular complexity index is 249. The molecule has 1 N–H and O–H groups in total. The summed E-state index contributed by atoms with van der Waals surface area (Å²) in [6.45, 7) is 0.250. The Balaban J connectivity index is 2.29. The number of ether oxygens (including phenoxy) is 1. The molecule has 0 aliphatic rings. The molecule has 0 fully saturated rings. The minimum atomic E-state index is 0.250. The number of methoxy groups -OCH3 is 1. The molecule has 78 valence electrons. The summed E-state index contributed by atoms with van der Waals surface area (Å²) in [5, 5.41) is 8.58. The Morgan fingerprint density at radius 2 is 1.93 bits per heavy atom. The van der Waals surface area contributed by atoms with Gasteiger partial charge in [0.05, 0.1) is 13.7 Å². The van der Waals surface area contributed by atoms with Gasteiger partial charge >= 0.3 is 0 Å². The van der Waals surface area contributed by atoms with Gasteiger partial charge in [0.2, 0.25) is 0 Å². The van der Waals surface area contributed by atoms with Gasteiger partial charge in [-0.1, -0.05) is 33.7 Å². The number of rotatable bonds is 6. The van der Waals surface area contributed by atoms with E-state index in [1.54, 1.807) is 28.7 Å². The van der Waals surface area contributed by atoms with Crippen molar-refractivity contribution in [3.63, 3.8) is 0 Å². The van der Waals surface area contributed by atoms with Crippen LogP contribution in [0.25, 0.3) is 0 Å². The largest absolute Gasteiger partial charge is 0.497 e. The molecular weight excluding hydrogens is 216 g/mol. The van der Waals surface area contributed by atoms with E-state index < -0.39 is 0 Å². The van der Waals surface area contributed by atoms with Gasteiger partial charge in [0, 0.05) is 11.5 Å². The molecule has 0 saturated carbocycles. The molecule has 0 spiro atoms. The third kappa shape index (κ3) is 4.26. The average molecular weight is 230 g/mol. The van der Waals surface area contributed by atoms with Crippen LogP contribution in [0.1, 0.15) is 5.56 Å². The lowest BCUT2D eigenvalue weighted by molar-refractivity contribution is 0.323. The Kier molecular flexibility index (Phi) is 5.91. The van der Waals surface area contributed by atoms with Crippen molar-refractivity contribution in [1.29, 1.82) is 0 Å². The molecule has 0 atom stereocenters. The summed E-state index contributed by atoms with van der Waals surface area (Å²) in [5.74, 6) is 2.65. The third-order valence-electron chi connectivity index (χ3n) is 1.64. The van der Waals surface area contributed by atoms with Gasteiger partial charge in [-0.25, -0.2) is 0 Å². The van der Waals surface area contributed by atoms with Gasteiger partial charge in [0.25, 0.3) is 0 Å². The van der Waals surface area contributed by atoms with Crippen molar-refractivity contribution in [3.8, 4) is 5.75 Å². The smallest absolute Gasteiger partial charge is 0.118 e. The SMILES string of the molecule is COc1ccc(CSSCCO)cc1. The van der Waals surface area contributed by atoms with Crippen molar-refractivity contribution in [2.45, 2.75) is 5.75 Å². The van der Waals surface area contributed by atoms with E-state index in [4.69, 9.17) is 9.84 Å². The maximum Gasteiger partial charge on any atom is 0.118 e. The first-order valence-corrected chi connectivity index (χ1v) is 6.84. The standard InChI is InChI=1S/C10H14O2S2/c1-12-10-4-2-9(3-5-10)8-14-13-7-6-11/h2-5,11H,6-8H2,1H3. The van der Waals surface area contributed by atoms with Crippen molar-refractivity contribution in [2.75, 3.05) is 19.5 Å². The highest BCUT2D eigenvalue weighted by Crippen LogP contribution is 2.26. The van der Waals surface area contributed by atoms with Gasteiger partial charge in [-0.2, -0.15) is 0 Å². The second-order valence-electron chi connectivity index (χ2n) is 2.66. The zero-order chi connectivity index (χ0) is 10.2. The molecule has 1 aromatic carbocycles. The molecule has 0 unspecified atom stereocenters. The number of hydrogen-bond donors (Lipinski definition) is 1. The van der Waals surface area contributed by atoms with Gasteiger partial charge in [-0.3, -0.25) is 0 Å². The minimum Gasteiger partial charge on any atom is -0.497 e. The van der Waals surface area contributed by atoms with Crippen LogP contribution in [0.4, 0.5) is 0 Å². The summed E-state index contributed by atoms with van der Waals surface area (Å²) in [6, 6.07) is 8.05. The lowest BCUT2D eigenvalue weighted by atomic mass is 10.2. The van der Waals surface area contributed by atoms with Crippen molar-refractivity contribution in [3.05, 3.63) is 29.8 Å².